The Labute approximate surface area is 226 Å². The average Bonchev–Trinajstić information content (AvgIpc) is 3.41. The summed E-state index contributed by atoms with van der Waals surface area (Å²) in [6.45, 7) is 4.37. The van der Waals surface area contributed by atoms with Gasteiger partial charge in [0, 0.05) is 42.5 Å². The summed E-state index contributed by atoms with van der Waals surface area (Å²) < 4.78 is 5.76. The van der Waals surface area contributed by atoms with Crippen molar-refractivity contribution in [3.8, 4) is 17.1 Å². The molecule has 0 saturated carbocycles. The van der Waals surface area contributed by atoms with Gasteiger partial charge in [-0.05, 0) is 35.7 Å². The van der Waals surface area contributed by atoms with Crippen LogP contribution in [-0.2, 0) is 6.42 Å². The third-order valence-electron chi connectivity index (χ3n) is 6.82. The number of anilines is 1. The Morgan fingerprint density at radius 1 is 0.974 bits per heavy atom. The largest absolute Gasteiger partial charge is 0.463 e. The zero-order chi connectivity index (χ0) is 26.5. The van der Waals surface area contributed by atoms with Crippen molar-refractivity contribution in [1.82, 2.24) is 14.9 Å². The Morgan fingerprint density at radius 2 is 1.66 bits per heavy atom. The maximum Gasteiger partial charge on any atom is 0.319 e. The molecule has 8 nitrogen and oxygen atoms in total. The molecule has 0 atom stereocenters. The van der Waals surface area contributed by atoms with Crippen molar-refractivity contribution in [3.05, 3.63) is 71.1 Å². The molecule has 1 fully saturated rings. The van der Waals surface area contributed by atoms with E-state index in [-0.39, 0.29) is 37.7 Å². The van der Waals surface area contributed by atoms with Crippen LogP contribution in [0.5, 0.6) is 6.01 Å². The highest BCUT2D eigenvalue weighted by atomic mass is 32.1. The van der Waals surface area contributed by atoms with E-state index in [1.165, 1.54) is 4.88 Å². The van der Waals surface area contributed by atoms with E-state index >= 15 is 0 Å². The lowest BCUT2D eigenvalue weighted by Gasteiger charge is -2.35. The number of aliphatic hydroxyl groups is 2. The van der Waals surface area contributed by atoms with Crippen LogP contribution in [-0.4, -0.2) is 77.0 Å². The highest BCUT2D eigenvalue weighted by molar-refractivity contribution is 7.18. The summed E-state index contributed by atoms with van der Waals surface area (Å²) in [6, 6.07) is 20.3. The van der Waals surface area contributed by atoms with E-state index in [0.717, 1.165) is 33.6 Å². The number of fused-ring (bicyclic) bond motifs is 1. The number of hydrogen-bond donors (Lipinski definition) is 2. The molecule has 0 spiro atoms. The molecular formula is C29H32N4O4S. The van der Waals surface area contributed by atoms with Gasteiger partial charge in [0.05, 0.1) is 25.2 Å². The third kappa shape index (κ3) is 5.65. The van der Waals surface area contributed by atoms with Gasteiger partial charge in [-0.1, -0.05) is 49.4 Å². The topological polar surface area (TPSA) is 99.0 Å². The van der Waals surface area contributed by atoms with Crippen molar-refractivity contribution in [1.29, 1.82) is 0 Å². The summed E-state index contributed by atoms with van der Waals surface area (Å²) in [5.41, 5.74) is 2.90. The third-order valence-corrected chi connectivity index (χ3v) is 7.99. The van der Waals surface area contributed by atoms with Crippen molar-refractivity contribution in [3.63, 3.8) is 0 Å². The number of benzene rings is 2. The summed E-state index contributed by atoms with van der Waals surface area (Å²) in [5, 5.41) is 19.7. The molecule has 1 saturated heterocycles. The molecule has 38 heavy (non-hydrogen) atoms. The molecule has 1 aliphatic rings. The lowest BCUT2D eigenvalue weighted by Crippen LogP contribution is -2.49. The quantitative estimate of drug-likeness (QED) is 0.338. The molecule has 5 rings (SSSR count). The second-order valence-electron chi connectivity index (χ2n) is 9.38. The maximum absolute atomic E-state index is 13.2. The van der Waals surface area contributed by atoms with Crippen LogP contribution in [0.25, 0.3) is 21.3 Å². The van der Waals surface area contributed by atoms with E-state index in [4.69, 9.17) is 9.72 Å². The molecular weight excluding hydrogens is 500 g/mol. The average molecular weight is 533 g/mol. The van der Waals surface area contributed by atoms with Crippen LogP contribution in [0.3, 0.4) is 0 Å². The number of carbonyl (C=O) groups excluding carboxylic acids is 1. The maximum atomic E-state index is 13.2. The number of aryl methyl sites for hydroxylation is 1. The Morgan fingerprint density at radius 3 is 2.32 bits per heavy atom. The first kappa shape index (κ1) is 26.1. The molecule has 2 aromatic carbocycles. The van der Waals surface area contributed by atoms with Crippen LogP contribution in [0, 0.1) is 5.92 Å². The van der Waals surface area contributed by atoms with E-state index in [2.05, 4.69) is 35.0 Å². The fourth-order valence-corrected chi connectivity index (χ4v) is 5.47. The molecule has 0 unspecified atom stereocenters. The van der Waals surface area contributed by atoms with Crippen molar-refractivity contribution in [2.75, 3.05) is 50.9 Å². The van der Waals surface area contributed by atoms with Crippen LogP contribution in [0.15, 0.2) is 60.7 Å². The monoisotopic (exact) mass is 532 g/mol. The van der Waals surface area contributed by atoms with Gasteiger partial charge in [0.2, 0.25) is 0 Å². The van der Waals surface area contributed by atoms with Crippen molar-refractivity contribution < 1.29 is 19.7 Å². The van der Waals surface area contributed by atoms with Crippen LogP contribution < -0.4 is 9.64 Å². The molecule has 0 bridgehead atoms. The van der Waals surface area contributed by atoms with Crippen LogP contribution in [0.1, 0.15) is 22.2 Å². The summed E-state index contributed by atoms with van der Waals surface area (Å²) in [7, 11) is 0. The van der Waals surface area contributed by atoms with E-state index in [1.807, 2.05) is 47.4 Å². The fraction of sp³-hybridized carbons (Fsp3) is 0.345. The Balaban J connectivity index is 1.29. The molecule has 2 aromatic heterocycles. The number of ether oxygens (including phenoxy) is 1. The van der Waals surface area contributed by atoms with Crippen molar-refractivity contribution in [2.24, 2.45) is 5.92 Å². The predicted molar refractivity (Wildman–Crippen MR) is 150 cm³/mol. The summed E-state index contributed by atoms with van der Waals surface area (Å²) in [5.74, 6) is 0.442. The molecule has 3 heterocycles. The van der Waals surface area contributed by atoms with Crippen molar-refractivity contribution >= 4 is 33.3 Å². The number of aromatic nitrogens is 2. The van der Waals surface area contributed by atoms with Gasteiger partial charge < -0.3 is 24.7 Å². The first-order valence-corrected chi connectivity index (χ1v) is 13.8. The van der Waals surface area contributed by atoms with Crippen LogP contribution in [0.2, 0.25) is 0 Å². The number of aliphatic hydroxyl groups excluding tert-OH is 2. The Bertz CT molecular complexity index is 1360. The number of nitrogens with zero attached hydrogens (tertiary/aromatic N) is 4. The number of hydrogen-bond acceptors (Lipinski definition) is 8. The Kier molecular flexibility index (Phi) is 8.17. The van der Waals surface area contributed by atoms with Crippen molar-refractivity contribution in [2.45, 2.75) is 13.3 Å². The van der Waals surface area contributed by atoms with Crippen LogP contribution >= 0.6 is 11.3 Å². The minimum absolute atomic E-state index is 0.0315. The van der Waals surface area contributed by atoms with Gasteiger partial charge in [0.1, 0.15) is 10.6 Å². The van der Waals surface area contributed by atoms with E-state index in [1.54, 1.807) is 11.3 Å². The number of amides is 1. The zero-order valence-electron chi connectivity index (χ0n) is 21.4. The second kappa shape index (κ2) is 11.9. The first-order valence-electron chi connectivity index (χ1n) is 12.9. The molecule has 1 aliphatic heterocycles. The minimum atomic E-state index is -0.386. The number of rotatable bonds is 9. The molecule has 4 aromatic rings. The highest BCUT2D eigenvalue weighted by Gasteiger charge is 2.25. The lowest BCUT2D eigenvalue weighted by molar-refractivity contribution is 0.0746. The SMILES string of the molecule is CCc1cc2c(N3CCN(C(=O)c4ccc(-c5ccccc5)cc4)CC3)nc(OCC(CO)CO)nc2s1. The summed E-state index contributed by atoms with van der Waals surface area (Å²) >= 11 is 1.62. The molecule has 9 heteroatoms. The van der Waals surface area contributed by atoms with Gasteiger partial charge >= 0.3 is 6.01 Å². The molecule has 0 radical (unpaired) electrons. The van der Waals surface area contributed by atoms with Gasteiger partial charge in [-0.25, -0.2) is 0 Å². The van der Waals surface area contributed by atoms with Gasteiger partial charge in [0.15, 0.2) is 0 Å². The number of thiophene rings is 1. The highest BCUT2D eigenvalue weighted by Crippen LogP contribution is 2.33. The Hall–Kier alpha value is -3.53. The molecule has 1 amide bonds. The zero-order valence-corrected chi connectivity index (χ0v) is 22.2. The minimum Gasteiger partial charge on any atom is -0.463 e. The predicted octanol–water partition coefficient (Wildman–Crippen LogP) is 3.86. The second-order valence-corrected chi connectivity index (χ2v) is 10.5. The van der Waals surface area contributed by atoms with E-state index in [0.29, 0.717) is 31.7 Å². The van der Waals surface area contributed by atoms with Crippen LogP contribution in [0.4, 0.5) is 5.82 Å². The van der Waals surface area contributed by atoms with Gasteiger partial charge in [-0.3, -0.25) is 4.79 Å². The van der Waals surface area contributed by atoms with Gasteiger partial charge in [-0.2, -0.15) is 9.97 Å². The number of carbonyl (C=O) groups is 1. The molecule has 198 valence electrons. The number of piperazine rings is 1. The normalized spacial score (nSPS) is 13.9. The first-order chi connectivity index (χ1) is 18.6. The van der Waals surface area contributed by atoms with E-state index in [9.17, 15) is 15.0 Å². The standard InChI is InChI=1S/C29H32N4O4S/c1-2-24-16-25-26(30-29(31-27(25)38-24)37-19-20(17-34)18-35)32-12-14-33(15-13-32)28(36)23-10-8-22(9-11-23)21-6-4-3-5-7-21/h3-11,16,20,34-35H,2,12-15,17-19H2,1H3. The van der Waals surface area contributed by atoms with Gasteiger partial charge in [-0.15, -0.1) is 11.3 Å². The lowest BCUT2D eigenvalue weighted by atomic mass is 10.0. The smallest absolute Gasteiger partial charge is 0.319 e. The summed E-state index contributed by atoms with van der Waals surface area (Å²) in [6.07, 6.45) is 0.902. The van der Waals surface area contributed by atoms with E-state index < -0.39 is 0 Å². The van der Waals surface area contributed by atoms with Gasteiger partial charge in [0.25, 0.3) is 5.91 Å². The summed E-state index contributed by atoms with van der Waals surface area (Å²) in [4.78, 5) is 28.7. The molecule has 2 N–H and O–H groups in total. The fourth-order valence-electron chi connectivity index (χ4n) is 4.51. The molecule has 0 aliphatic carbocycles.